The number of methoxy groups -OCH3 is 1. The largest absolute Gasteiger partial charge is 0.383 e. The van der Waals surface area contributed by atoms with Crippen LogP contribution in [0.5, 0.6) is 0 Å². The van der Waals surface area contributed by atoms with E-state index >= 15 is 0 Å². The minimum Gasteiger partial charge on any atom is -0.383 e. The number of hydrogen-bond donors (Lipinski definition) is 1. The van der Waals surface area contributed by atoms with E-state index in [4.69, 9.17) is 4.74 Å². The first-order chi connectivity index (χ1) is 11.4. The molecule has 8 heteroatoms. The third-order valence-electron chi connectivity index (χ3n) is 4.06. The molecule has 2 heterocycles. The van der Waals surface area contributed by atoms with Crippen molar-refractivity contribution in [3.63, 3.8) is 0 Å². The number of carbonyl (C=O) groups is 2. The highest BCUT2D eigenvalue weighted by Crippen LogP contribution is 2.29. The maximum Gasteiger partial charge on any atom is 0.254 e. The second-order valence-electron chi connectivity index (χ2n) is 6.06. The Morgan fingerprint density at radius 3 is 2.79 bits per heavy atom. The molecule has 0 radical (unpaired) electrons. The Morgan fingerprint density at radius 2 is 2.21 bits per heavy atom. The summed E-state index contributed by atoms with van der Waals surface area (Å²) in [6.07, 6.45) is 2.36. The molecule has 8 nitrogen and oxygen atoms in total. The molecule has 132 valence electrons. The van der Waals surface area contributed by atoms with Gasteiger partial charge in [-0.3, -0.25) is 9.59 Å². The average Bonchev–Trinajstić information content (AvgIpc) is 3.04. The third-order valence-corrected chi connectivity index (χ3v) is 4.06. The van der Waals surface area contributed by atoms with Crippen LogP contribution in [0.1, 0.15) is 35.3 Å². The van der Waals surface area contributed by atoms with Gasteiger partial charge in [-0.25, -0.2) is 9.97 Å². The van der Waals surface area contributed by atoms with Gasteiger partial charge in [0, 0.05) is 59.9 Å². The SMILES string of the molecule is COCCNC(=O)c1cnc(N(C)C)nc1C1CCN(C(C)=O)C1. The van der Waals surface area contributed by atoms with Gasteiger partial charge in [0.15, 0.2) is 0 Å². The van der Waals surface area contributed by atoms with E-state index in [1.807, 2.05) is 14.1 Å². The van der Waals surface area contributed by atoms with Gasteiger partial charge in [-0.2, -0.15) is 0 Å². The zero-order chi connectivity index (χ0) is 17.7. The van der Waals surface area contributed by atoms with Crippen LogP contribution in [0.15, 0.2) is 6.20 Å². The van der Waals surface area contributed by atoms with Crippen molar-refractivity contribution in [1.29, 1.82) is 0 Å². The smallest absolute Gasteiger partial charge is 0.254 e. The predicted molar refractivity (Wildman–Crippen MR) is 90.2 cm³/mol. The Bertz CT molecular complexity index is 605. The molecule has 0 bridgehead atoms. The molecule has 1 atom stereocenters. The molecule has 1 fully saturated rings. The quantitative estimate of drug-likeness (QED) is 0.750. The highest BCUT2D eigenvalue weighted by molar-refractivity contribution is 5.95. The van der Waals surface area contributed by atoms with Crippen LogP contribution in [0, 0.1) is 0 Å². The molecule has 1 aromatic heterocycles. The summed E-state index contributed by atoms with van der Waals surface area (Å²) in [6.45, 7) is 3.70. The summed E-state index contributed by atoms with van der Waals surface area (Å²) in [4.78, 5) is 36.5. The Balaban J connectivity index is 2.26. The number of nitrogens with one attached hydrogen (secondary N) is 1. The van der Waals surface area contributed by atoms with Crippen LogP contribution >= 0.6 is 0 Å². The van der Waals surface area contributed by atoms with Gasteiger partial charge in [0.25, 0.3) is 5.91 Å². The molecule has 1 aliphatic heterocycles. The number of aromatic nitrogens is 2. The standard InChI is InChI=1S/C16H25N5O3/c1-11(22)21-7-5-12(10-21)14-13(15(23)17-6-8-24-4)9-18-16(19-14)20(2)3/h9,12H,5-8,10H2,1-4H3,(H,17,23). The Hall–Kier alpha value is -2.22. The molecule has 2 amide bonds. The molecule has 0 aliphatic carbocycles. The van der Waals surface area contributed by atoms with Crippen LogP contribution < -0.4 is 10.2 Å². The first kappa shape index (κ1) is 18.1. The van der Waals surface area contributed by atoms with Crippen LogP contribution in [0.2, 0.25) is 0 Å². The van der Waals surface area contributed by atoms with Gasteiger partial charge >= 0.3 is 0 Å². The van der Waals surface area contributed by atoms with E-state index in [1.54, 1.807) is 30.0 Å². The lowest BCUT2D eigenvalue weighted by Gasteiger charge is -2.18. The van der Waals surface area contributed by atoms with Crippen molar-refractivity contribution >= 4 is 17.8 Å². The molecule has 1 aromatic rings. The molecule has 1 N–H and O–H groups in total. The zero-order valence-corrected chi connectivity index (χ0v) is 14.7. The molecule has 1 saturated heterocycles. The fraction of sp³-hybridized carbons (Fsp3) is 0.625. The highest BCUT2D eigenvalue weighted by Gasteiger charge is 2.30. The maximum absolute atomic E-state index is 12.5. The Kier molecular flexibility index (Phi) is 6.08. The number of ether oxygens (including phenoxy) is 1. The lowest BCUT2D eigenvalue weighted by molar-refractivity contribution is -0.127. The van der Waals surface area contributed by atoms with Crippen molar-refractivity contribution in [2.45, 2.75) is 19.3 Å². The van der Waals surface area contributed by atoms with E-state index in [2.05, 4.69) is 15.3 Å². The number of rotatable bonds is 6. The summed E-state index contributed by atoms with van der Waals surface area (Å²) >= 11 is 0. The van der Waals surface area contributed by atoms with Crippen LogP contribution in [-0.2, 0) is 9.53 Å². The second kappa shape index (κ2) is 8.05. The minimum atomic E-state index is -0.214. The number of hydrogen-bond acceptors (Lipinski definition) is 6. The molecule has 1 aliphatic rings. The van der Waals surface area contributed by atoms with E-state index in [-0.39, 0.29) is 17.7 Å². The minimum absolute atomic E-state index is 0.0405. The average molecular weight is 335 g/mol. The molecule has 2 rings (SSSR count). The lowest BCUT2D eigenvalue weighted by Crippen LogP contribution is -2.30. The number of carbonyl (C=O) groups excluding carboxylic acids is 2. The van der Waals surface area contributed by atoms with E-state index in [9.17, 15) is 9.59 Å². The molecule has 1 unspecified atom stereocenters. The van der Waals surface area contributed by atoms with Crippen molar-refractivity contribution < 1.29 is 14.3 Å². The molecular weight excluding hydrogens is 310 g/mol. The van der Waals surface area contributed by atoms with E-state index in [1.165, 1.54) is 0 Å². The number of anilines is 1. The van der Waals surface area contributed by atoms with Crippen LogP contribution in [0.3, 0.4) is 0 Å². The fourth-order valence-electron chi connectivity index (χ4n) is 2.72. The normalized spacial score (nSPS) is 17.0. The monoisotopic (exact) mass is 335 g/mol. The van der Waals surface area contributed by atoms with Crippen molar-refractivity contribution in [1.82, 2.24) is 20.2 Å². The highest BCUT2D eigenvalue weighted by atomic mass is 16.5. The van der Waals surface area contributed by atoms with Crippen molar-refractivity contribution in [3.8, 4) is 0 Å². The fourth-order valence-corrected chi connectivity index (χ4v) is 2.72. The number of amides is 2. The summed E-state index contributed by atoms with van der Waals surface area (Å²) in [5.41, 5.74) is 1.17. The number of likely N-dealkylation sites (tertiary alicyclic amines) is 1. The van der Waals surface area contributed by atoms with Crippen molar-refractivity contribution in [3.05, 3.63) is 17.5 Å². The van der Waals surface area contributed by atoms with Gasteiger partial charge in [-0.1, -0.05) is 0 Å². The van der Waals surface area contributed by atoms with Gasteiger partial charge in [-0.15, -0.1) is 0 Å². The first-order valence-electron chi connectivity index (χ1n) is 8.01. The molecule has 0 spiro atoms. The van der Waals surface area contributed by atoms with Gasteiger partial charge in [-0.05, 0) is 6.42 Å². The molecule has 24 heavy (non-hydrogen) atoms. The summed E-state index contributed by atoms with van der Waals surface area (Å²) in [6, 6.07) is 0. The Morgan fingerprint density at radius 1 is 1.46 bits per heavy atom. The summed E-state index contributed by atoms with van der Waals surface area (Å²) < 4.78 is 4.95. The summed E-state index contributed by atoms with van der Waals surface area (Å²) in [5, 5.41) is 2.81. The molecule has 0 saturated carbocycles. The van der Waals surface area contributed by atoms with Gasteiger partial charge in [0.05, 0.1) is 17.9 Å². The first-order valence-corrected chi connectivity index (χ1v) is 8.01. The van der Waals surface area contributed by atoms with Gasteiger partial charge in [0.1, 0.15) is 0 Å². The van der Waals surface area contributed by atoms with Gasteiger partial charge in [0.2, 0.25) is 11.9 Å². The van der Waals surface area contributed by atoms with Crippen molar-refractivity contribution in [2.75, 3.05) is 52.3 Å². The summed E-state index contributed by atoms with van der Waals surface area (Å²) in [7, 11) is 5.30. The third kappa shape index (κ3) is 4.19. The molecule has 0 aromatic carbocycles. The topological polar surface area (TPSA) is 87.7 Å². The molecular formula is C16H25N5O3. The van der Waals surface area contributed by atoms with Crippen LogP contribution in [-0.4, -0.2) is 74.1 Å². The van der Waals surface area contributed by atoms with Crippen LogP contribution in [0.25, 0.3) is 0 Å². The van der Waals surface area contributed by atoms with Gasteiger partial charge < -0.3 is 19.9 Å². The lowest BCUT2D eigenvalue weighted by atomic mass is 10.00. The van der Waals surface area contributed by atoms with Crippen molar-refractivity contribution in [2.24, 2.45) is 0 Å². The zero-order valence-electron chi connectivity index (χ0n) is 14.7. The summed E-state index contributed by atoms with van der Waals surface area (Å²) in [5.74, 6) is 0.428. The predicted octanol–water partition coefficient (Wildman–Crippen LogP) is 0.255. The number of nitrogens with zero attached hydrogens (tertiary/aromatic N) is 4. The Labute approximate surface area is 142 Å². The van der Waals surface area contributed by atoms with E-state index in [0.717, 1.165) is 6.42 Å². The second-order valence-corrected chi connectivity index (χ2v) is 6.06. The maximum atomic E-state index is 12.5. The van der Waals surface area contributed by atoms with E-state index in [0.29, 0.717) is 43.4 Å². The van der Waals surface area contributed by atoms with E-state index < -0.39 is 0 Å². The van der Waals surface area contributed by atoms with Crippen LogP contribution in [0.4, 0.5) is 5.95 Å².